The molecule has 0 atom stereocenters. The molecule has 1 aromatic rings. The van der Waals surface area contributed by atoms with Crippen LogP contribution >= 0.6 is 24.0 Å². The van der Waals surface area contributed by atoms with Gasteiger partial charge in [0.2, 0.25) is 0 Å². The highest BCUT2D eigenvalue weighted by molar-refractivity contribution is 14.0. The molecule has 0 bridgehead atoms. The van der Waals surface area contributed by atoms with Gasteiger partial charge in [-0.05, 0) is 44.1 Å². The summed E-state index contributed by atoms with van der Waals surface area (Å²) >= 11 is 0. The van der Waals surface area contributed by atoms with Gasteiger partial charge in [0, 0.05) is 19.6 Å². The van der Waals surface area contributed by atoms with Crippen LogP contribution in [0.5, 0.6) is 0 Å². The van der Waals surface area contributed by atoms with E-state index in [1.807, 2.05) is 0 Å². The van der Waals surface area contributed by atoms with Crippen LogP contribution < -0.4 is 5.73 Å². The summed E-state index contributed by atoms with van der Waals surface area (Å²) in [5.74, 6) is 0.703. The van der Waals surface area contributed by atoms with Crippen molar-refractivity contribution in [3.63, 3.8) is 0 Å². The molecule has 0 aromatic heterocycles. The van der Waals surface area contributed by atoms with E-state index < -0.39 is 0 Å². The predicted molar refractivity (Wildman–Crippen MR) is 101 cm³/mol. The van der Waals surface area contributed by atoms with Crippen molar-refractivity contribution in [2.45, 2.75) is 39.5 Å². The number of nitrogens with two attached hydrogens (primary N) is 1. The van der Waals surface area contributed by atoms with Gasteiger partial charge < -0.3 is 10.6 Å². The van der Waals surface area contributed by atoms with Gasteiger partial charge in [-0.2, -0.15) is 0 Å². The summed E-state index contributed by atoms with van der Waals surface area (Å²) in [7, 11) is 0. The summed E-state index contributed by atoms with van der Waals surface area (Å²) in [6, 6.07) is 10.8. The summed E-state index contributed by atoms with van der Waals surface area (Å²) in [5.41, 5.74) is 7.86. The predicted octanol–water partition coefficient (Wildman–Crippen LogP) is 3.67. The number of halogens is 1. The Balaban J connectivity index is 0.00000220. The molecule has 0 spiro atoms. The zero-order valence-corrected chi connectivity index (χ0v) is 15.5. The molecule has 4 heteroatoms. The molecule has 1 saturated carbocycles. The molecule has 0 radical (unpaired) electrons. The van der Waals surface area contributed by atoms with E-state index in [0.717, 1.165) is 26.1 Å². The molecule has 3 nitrogen and oxygen atoms in total. The Morgan fingerprint density at radius 3 is 2.29 bits per heavy atom. The third kappa shape index (κ3) is 4.87. The topological polar surface area (TPSA) is 41.6 Å². The molecule has 0 unspecified atom stereocenters. The van der Waals surface area contributed by atoms with Crippen molar-refractivity contribution in [3.05, 3.63) is 35.9 Å². The van der Waals surface area contributed by atoms with Crippen molar-refractivity contribution < 1.29 is 0 Å². The lowest BCUT2D eigenvalue weighted by Crippen LogP contribution is -2.40. The van der Waals surface area contributed by atoms with Gasteiger partial charge in [0.05, 0.1) is 0 Å². The first kappa shape index (κ1) is 18.3. The molecule has 2 N–H and O–H groups in total. The van der Waals surface area contributed by atoms with E-state index in [4.69, 9.17) is 5.73 Å². The van der Waals surface area contributed by atoms with Crippen LogP contribution in [0.1, 0.15) is 38.7 Å². The van der Waals surface area contributed by atoms with Gasteiger partial charge >= 0.3 is 0 Å². The van der Waals surface area contributed by atoms with Crippen LogP contribution in [-0.4, -0.2) is 30.5 Å². The van der Waals surface area contributed by atoms with E-state index in [9.17, 15) is 0 Å². The Hall–Kier alpha value is -0.780. The second kappa shape index (κ2) is 8.61. The zero-order valence-electron chi connectivity index (χ0n) is 13.2. The van der Waals surface area contributed by atoms with E-state index in [0.29, 0.717) is 11.4 Å². The Bertz CT molecular complexity index is 437. The molecule has 1 aliphatic rings. The summed E-state index contributed by atoms with van der Waals surface area (Å²) in [4.78, 5) is 6.80. The Morgan fingerprint density at radius 1 is 1.19 bits per heavy atom. The lowest BCUT2D eigenvalue weighted by molar-refractivity contribution is 0.145. The summed E-state index contributed by atoms with van der Waals surface area (Å²) in [6.07, 6.45) is 5.00. The van der Waals surface area contributed by atoms with Gasteiger partial charge in [-0.3, -0.25) is 4.99 Å². The highest BCUT2D eigenvalue weighted by atomic mass is 127. The lowest BCUT2D eigenvalue weighted by atomic mass is 9.65. The average molecular weight is 401 g/mol. The van der Waals surface area contributed by atoms with Gasteiger partial charge in [-0.25, -0.2) is 0 Å². The van der Waals surface area contributed by atoms with E-state index in [1.165, 1.54) is 24.8 Å². The minimum atomic E-state index is 0. The second-order valence-corrected chi connectivity index (χ2v) is 5.86. The van der Waals surface area contributed by atoms with E-state index >= 15 is 0 Å². The van der Waals surface area contributed by atoms with Crippen molar-refractivity contribution in [3.8, 4) is 0 Å². The molecule has 1 fully saturated rings. The van der Waals surface area contributed by atoms with Gasteiger partial charge in [-0.15, -0.1) is 24.0 Å². The fourth-order valence-corrected chi connectivity index (χ4v) is 2.99. The van der Waals surface area contributed by atoms with Crippen LogP contribution in [0.3, 0.4) is 0 Å². The van der Waals surface area contributed by atoms with Crippen LogP contribution in [0.2, 0.25) is 0 Å². The molecule has 0 amide bonds. The number of benzene rings is 1. The van der Waals surface area contributed by atoms with Gasteiger partial charge in [0.15, 0.2) is 5.96 Å². The molecular formula is C17H28IN3. The SMILES string of the molecule is CCN(CC)C(N)=NCC1(Cc2ccccc2)CCC1.I. The highest BCUT2D eigenvalue weighted by Gasteiger charge is 2.36. The molecule has 1 aliphatic carbocycles. The lowest BCUT2D eigenvalue weighted by Gasteiger charge is -2.41. The Labute approximate surface area is 146 Å². The van der Waals surface area contributed by atoms with Crippen LogP contribution in [0.25, 0.3) is 0 Å². The third-order valence-electron chi connectivity index (χ3n) is 4.50. The standard InChI is InChI=1S/C17H27N3.HI/c1-3-20(4-2)16(18)19-14-17(11-8-12-17)13-15-9-6-5-7-10-15;/h5-7,9-10H,3-4,8,11-14H2,1-2H3,(H2,18,19);1H. The van der Waals surface area contributed by atoms with E-state index in [-0.39, 0.29) is 24.0 Å². The normalized spacial score (nSPS) is 16.8. The monoisotopic (exact) mass is 401 g/mol. The van der Waals surface area contributed by atoms with Crippen molar-refractivity contribution >= 4 is 29.9 Å². The summed E-state index contributed by atoms with van der Waals surface area (Å²) in [6.45, 7) is 6.96. The number of rotatable bonds is 6. The molecule has 0 saturated heterocycles. The first-order valence-electron chi connectivity index (χ1n) is 7.78. The average Bonchev–Trinajstić information content (AvgIpc) is 2.44. The highest BCUT2D eigenvalue weighted by Crippen LogP contribution is 2.44. The van der Waals surface area contributed by atoms with Crippen molar-refractivity contribution in [1.29, 1.82) is 0 Å². The minimum absolute atomic E-state index is 0. The number of hydrogen-bond acceptors (Lipinski definition) is 1. The van der Waals surface area contributed by atoms with Crippen LogP contribution in [0.4, 0.5) is 0 Å². The number of aliphatic imine (C=N–C) groups is 1. The second-order valence-electron chi connectivity index (χ2n) is 5.86. The quantitative estimate of drug-likeness (QED) is 0.449. The largest absolute Gasteiger partial charge is 0.370 e. The first-order chi connectivity index (χ1) is 9.69. The molecule has 0 aliphatic heterocycles. The van der Waals surface area contributed by atoms with Crippen LogP contribution in [-0.2, 0) is 6.42 Å². The fourth-order valence-electron chi connectivity index (χ4n) is 2.99. The number of hydrogen-bond donors (Lipinski definition) is 1. The minimum Gasteiger partial charge on any atom is -0.370 e. The van der Waals surface area contributed by atoms with Crippen molar-refractivity contribution in [2.24, 2.45) is 16.1 Å². The maximum atomic E-state index is 6.09. The molecule has 1 aromatic carbocycles. The smallest absolute Gasteiger partial charge is 0.191 e. The van der Waals surface area contributed by atoms with E-state index in [2.05, 4.69) is 54.1 Å². The van der Waals surface area contributed by atoms with Crippen molar-refractivity contribution in [2.75, 3.05) is 19.6 Å². The molecule has 0 heterocycles. The Morgan fingerprint density at radius 2 is 1.81 bits per heavy atom. The molecule has 21 heavy (non-hydrogen) atoms. The zero-order chi connectivity index (χ0) is 14.4. The van der Waals surface area contributed by atoms with E-state index in [1.54, 1.807) is 0 Å². The van der Waals surface area contributed by atoms with Crippen LogP contribution in [0, 0.1) is 5.41 Å². The molecule has 2 rings (SSSR count). The summed E-state index contributed by atoms with van der Waals surface area (Å²) in [5, 5.41) is 0. The first-order valence-corrected chi connectivity index (χ1v) is 7.78. The number of nitrogens with zero attached hydrogens (tertiary/aromatic N) is 2. The van der Waals surface area contributed by atoms with Crippen LogP contribution in [0.15, 0.2) is 35.3 Å². The third-order valence-corrected chi connectivity index (χ3v) is 4.50. The maximum Gasteiger partial charge on any atom is 0.191 e. The van der Waals surface area contributed by atoms with Gasteiger partial charge in [0.25, 0.3) is 0 Å². The van der Waals surface area contributed by atoms with Crippen molar-refractivity contribution in [1.82, 2.24) is 4.90 Å². The maximum absolute atomic E-state index is 6.09. The van der Waals surface area contributed by atoms with Gasteiger partial charge in [0.1, 0.15) is 0 Å². The summed E-state index contributed by atoms with van der Waals surface area (Å²) < 4.78 is 0. The fraction of sp³-hybridized carbons (Fsp3) is 0.588. The molecular weight excluding hydrogens is 373 g/mol. The number of guanidine groups is 1. The molecule has 118 valence electrons. The Kier molecular flexibility index (Phi) is 7.49. The van der Waals surface area contributed by atoms with Gasteiger partial charge in [-0.1, -0.05) is 36.8 Å².